The third-order valence-electron chi connectivity index (χ3n) is 5.63. The van der Waals surface area contributed by atoms with Gasteiger partial charge in [-0.05, 0) is 83.6 Å². The number of esters is 1. The number of benzene rings is 3. The van der Waals surface area contributed by atoms with Crippen LogP contribution in [0.5, 0.6) is 11.5 Å². The van der Waals surface area contributed by atoms with Crippen LogP contribution in [0.25, 0.3) is 6.08 Å². The van der Waals surface area contributed by atoms with Gasteiger partial charge in [-0.1, -0.05) is 18.2 Å². The van der Waals surface area contributed by atoms with E-state index in [1.54, 1.807) is 37.3 Å². The van der Waals surface area contributed by atoms with Crippen LogP contribution in [0.3, 0.4) is 0 Å². The number of nitrogens with zero attached hydrogens (tertiary/aromatic N) is 1. The first-order valence-electron chi connectivity index (χ1n) is 11.7. The number of amides is 4. The first-order chi connectivity index (χ1) is 18.7. The summed E-state index contributed by atoms with van der Waals surface area (Å²) in [5.74, 6) is -1.99. The molecule has 1 aliphatic rings. The maximum absolute atomic E-state index is 14.0. The summed E-state index contributed by atoms with van der Waals surface area (Å²) in [7, 11) is 1.43. The first kappa shape index (κ1) is 27.8. The van der Waals surface area contributed by atoms with E-state index in [4.69, 9.17) is 14.2 Å². The molecule has 1 heterocycles. The quantitative estimate of drug-likeness (QED) is 0.161. The summed E-state index contributed by atoms with van der Waals surface area (Å²) in [6.07, 6.45) is 1.33. The van der Waals surface area contributed by atoms with Gasteiger partial charge in [0, 0.05) is 5.56 Å². The number of urea groups is 1. The molecule has 0 radical (unpaired) electrons. The Morgan fingerprint density at radius 2 is 1.79 bits per heavy atom. The van der Waals surface area contributed by atoms with Crippen LogP contribution in [0.4, 0.5) is 14.9 Å². The summed E-state index contributed by atoms with van der Waals surface area (Å²) in [5.41, 5.74) is 0.914. The van der Waals surface area contributed by atoms with Crippen molar-refractivity contribution in [1.29, 1.82) is 0 Å². The molecule has 1 fully saturated rings. The summed E-state index contributed by atoms with van der Waals surface area (Å²) in [4.78, 5) is 51.1. The lowest BCUT2D eigenvalue weighted by atomic mass is 10.1. The highest BCUT2D eigenvalue weighted by molar-refractivity contribution is 14.1. The largest absolute Gasteiger partial charge is 0.493 e. The van der Waals surface area contributed by atoms with Gasteiger partial charge in [0.25, 0.3) is 11.8 Å². The number of hydrogen-bond acceptors (Lipinski definition) is 7. The Morgan fingerprint density at radius 3 is 2.46 bits per heavy atom. The number of nitrogens with one attached hydrogen (secondary N) is 1. The Labute approximate surface area is 236 Å². The van der Waals surface area contributed by atoms with Gasteiger partial charge >= 0.3 is 12.0 Å². The van der Waals surface area contributed by atoms with Gasteiger partial charge < -0.3 is 14.2 Å². The monoisotopic (exact) mass is 644 g/mol. The average Bonchev–Trinajstić information content (AvgIpc) is 2.91. The van der Waals surface area contributed by atoms with Gasteiger partial charge in [-0.15, -0.1) is 0 Å². The molecule has 1 N–H and O–H groups in total. The van der Waals surface area contributed by atoms with E-state index in [1.807, 2.05) is 22.6 Å². The van der Waals surface area contributed by atoms with E-state index in [9.17, 15) is 23.6 Å². The van der Waals surface area contributed by atoms with E-state index in [-0.39, 0.29) is 30.0 Å². The average molecular weight is 644 g/mol. The molecule has 0 unspecified atom stereocenters. The fourth-order valence-corrected chi connectivity index (χ4v) is 4.53. The van der Waals surface area contributed by atoms with Crippen LogP contribution in [0, 0.1) is 9.39 Å². The molecule has 200 valence electrons. The number of imide groups is 2. The second kappa shape index (κ2) is 12.1. The summed E-state index contributed by atoms with van der Waals surface area (Å²) >= 11 is 2.01. The number of anilines is 1. The van der Waals surface area contributed by atoms with E-state index >= 15 is 0 Å². The number of methoxy groups -OCH3 is 1. The van der Waals surface area contributed by atoms with Crippen molar-refractivity contribution in [2.45, 2.75) is 13.5 Å². The number of rotatable bonds is 8. The lowest BCUT2D eigenvalue weighted by Gasteiger charge is -2.26. The van der Waals surface area contributed by atoms with Crippen LogP contribution < -0.4 is 19.7 Å². The van der Waals surface area contributed by atoms with Crippen molar-refractivity contribution in [2.24, 2.45) is 0 Å². The van der Waals surface area contributed by atoms with E-state index in [1.165, 1.54) is 43.5 Å². The molecule has 39 heavy (non-hydrogen) atoms. The number of carbonyl (C=O) groups is 4. The summed E-state index contributed by atoms with van der Waals surface area (Å²) < 4.78 is 30.8. The Balaban J connectivity index is 1.61. The van der Waals surface area contributed by atoms with Crippen molar-refractivity contribution in [1.82, 2.24) is 5.32 Å². The van der Waals surface area contributed by atoms with Gasteiger partial charge in [0.2, 0.25) is 0 Å². The van der Waals surface area contributed by atoms with Crippen molar-refractivity contribution in [3.05, 3.63) is 92.3 Å². The van der Waals surface area contributed by atoms with E-state index in [0.717, 1.165) is 4.90 Å². The molecule has 9 nitrogen and oxygen atoms in total. The van der Waals surface area contributed by atoms with Gasteiger partial charge in [0.05, 0.1) is 28.5 Å². The zero-order valence-electron chi connectivity index (χ0n) is 20.8. The molecule has 4 amide bonds. The van der Waals surface area contributed by atoms with E-state index < -0.39 is 29.6 Å². The molecule has 4 rings (SSSR count). The molecular formula is C28H22FIN2O7. The maximum atomic E-state index is 14.0. The highest BCUT2D eigenvalue weighted by Crippen LogP contribution is 2.35. The van der Waals surface area contributed by atoms with E-state index in [2.05, 4.69) is 5.32 Å². The molecule has 1 aliphatic heterocycles. The number of halogens is 2. The van der Waals surface area contributed by atoms with Crippen LogP contribution in [-0.4, -0.2) is 37.5 Å². The summed E-state index contributed by atoms with van der Waals surface area (Å²) in [5, 5.41) is 2.16. The SMILES string of the molecule is CCOC(=O)c1ccc(N2C(=O)NC(=O)/C(=C\c3cc(I)c(OCc4ccccc4F)c(OC)c3)C2=O)cc1. The number of carbonyl (C=O) groups excluding carboxylic acids is 4. The van der Waals surface area contributed by atoms with E-state index in [0.29, 0.717) is 26.2 Å². The molecule has 0 aromatic heterocycles. The molecule has 0 spiro atoms. The third-order valence-corrected chi connectivity index (χ3v) is 6.43. The highest BCUT2D eigenvalue weighted by atomic mass is 127. The second-order valence-electron chi connectivity index (χ2n) is 8.14. The minimum Gasteiger partial charge on any atom is -0.493 e. The summed E-state index contributed by atoms with van der Waals surface area (Å²) in [6, 6.07) is 14.2. The second-order valence-corrected chi connectivity index (χ2v) is 9.30. The topological polar surface area (TPSA) is 111 Å². The molecule has 3 aromatic rings. The Morgan fingerprint density at radius 1 is 1.08 bits per heavy atom. The van der Waals surface area contributed by atoms with Gasteiger partial charge in [0.15, 0.2) is 11.5 Å². The highest BCUT2D eigenvalue weighted by Gasteiger charge is 2.37. The predicted octanol–water partition coefficient (Wildman–Crippen LogP) is 4.86. The van der Waals surface area contributed by atoms with Gasteiger partial charge in [-0.2, -0.15) is 0 Å². The van der Waals surface area contributed by atoms with Gasteiger partial charge in [-0.3, -0.25) is 14.9 Å². The smallest absolute Gasteiger partial charge is 0.338 e. The van der Waals surface area contributed by atoms with Crippen LogP contribution in [0.2, 0.25) is 0 Å². The van der Waals surface area contributed by atoms with Crippen molar-refractivity contribution >= 4 is 58.2 Å². The lowest BCUT2D eigenvalue weighted by Crippen LogP contribution is -2.54. The zero-order chi connectivity index (χ0) is 28.1. The normalized spacial score (nSPS) is 14.3. The Hall–Kier alpha value is -4.26. The van der Waals surface area contributed by atoms with Gasteiger partial charge in [-0.25, -0.2) is 18.9 Å². The molecule has 0 aliphatic carbocycles. The molecule has 0 atom stereocenters. The molecule has 3 aromatic carbocycles. The fourth-order valence-electron chi connectivity index (χ4n) is 3.75. The Bertz CT molecular complexity index is 1490. The predicted molar refractivity (Wildman–Crippen MR) is 148 cm³/mol. The lowest BCUT2D eigenvalue weighted by molar-refractivity contribution is -0.122. The van der Waals surface area contributed by atoms with Gasteiger partial charge in [0.1, 0.15) is 18.0 Å². The minimum atomic E-state index is -0.921. The van der Waals surface area contributed by atoms with Crippen molar-refractivity contribution < 1.29 is 37.8 Å². The number of barbiturate groups is 1. The molecular weight excluding hydrogens is 622 g/mol. The minimum absolute atomic E-state index is 0.0353. The van der Waals surface area contributed by atoms with Crippen LogP contribution in [-0.2, 0) is 20.9 Å². The number of hydrogen-bond donors (Lipinski definition) is 1. The van der Waals surface area contributed by atoms with Crippen LogP contribution >= 0.6 is 22.6 Å². The molecule has 0 bridgehead atoms. The van der Waals surface area contributed by atoms with Crippen molar-refractivity contribution in [3.8, 4) is 11.5 Å². The molecule has 0 saturated carbocycles. The third kappa shape index (κ3) is 6.08. The zero-order valence-corrected chi connectivity index (χ0v) is 23.0. The first-order valence-corrected chi connectivity index (χ1v) is 12.7. The summed E-state index contributed by atoms with van der Waals surface area (Å²) in [6.45, 7) is 1.84. The maximum Gasteiger partial charge on any atom is 0.338 e. The van der Waals surface area contributed by atoms with Crippen LogP contribution in [0.1, 0.15) is 28.4 Å². The Kier molecular flexibility index (Phi) is 8.59. The van der Waals surface area contributed by atoms with Crippen LogP contribution in [0.15, 0.2) is 66.2 Å². The number of ether oxygens (including phenoxy) is 3. The molecule has 11 heteroatoms. The standard InChI is InChI=1S/C28H22FIN2O7/c1-3-38-27(35)17-8-10-19(11-9-17)32-26(34)20(25(33)31-28(32)36)12-16-13-22(30)24(23(14-16)37-2)39-15-18-6-4-5-7-21(18)29/h4-14H,3,15H2,1-2H3,(H,31,33,36)/b20-12+. The fraction of sp³-hybridized carbons (Fsp3) is 0.143. The van der Waals surface area contributed by atoms with Crippen molar-refractivity contribution in [2.75, 3.05) is 18.6 Å². The van der Waals surface area contributed by atoms with Crippen molar-refractivity contribution in [3.63, 3.8) is 0 Å². The molecule has 1 saturated heterocycles.